The molecule has 0 aliphatic rings. The highest BCUT2D eigenvalue weighted by molar-refractivity contribution is 7.80. The van der Waals surface area contributed by atoms with Gasteiger partial charge in [-0.2, -0.15) is 22.8 Å². The molecule has 4 nitrogen and oxygen atoms in total. The van der Waals surface area contributed by atoms with Crippen LogP contribution in [-0.2, 0) is 12.6 Å². The second kappa shape index (κ2) is 5.83. The Morgan fingerprint density at radius 3 is 2.41 bits per heavy atom. The van der Waals surface area contributed by atoms with Crippen LogP contribution in [0.1, 0.15) is 23.9 Å². The van der Waals surface area contributed by atoms with E-state index >= 15 is 0 Å². The van der Waals surface area contributed by atoms with Gasteiger partial charge in [0, 0.05) is 19.0 Å². The van der Waals surface area contributed by atoms with E-state index in [9.17, 15) is 13.2 Å². The quantitative estimate of drug-likeness (QED) is 0.875. The number of thiol groups is 1. The Bertz CT molecular complexity index is 692. The number of aromatic nitrogens is 3. The molecular formula is C14H17F3N4S. The lowest BCUT2D eigenvalue weighted by Gasteiger charge is -2.16. The van der Waals surface area contributed by atoms with Crippen LogP contribution in [0.2, 0.25) is 0 Å². The van der Waals surface area contributed by atoms with Crippen molar-refractivity contribution in [2.45, 2.75) is 31.3 Å². The Labute approximate surface area is 132 Å². The third-order valence-corrected chi connectivity index (χ3v) is 3.73. The number of halogens is 3. The SMILES string of the molecule is CCc1cc(C)c(S)cc1-n1nc(C(F)(F)F)nc1N(C)C. The molecule has 0 amide bonds. The number of rotatable bonds is 3. The average molecular weight is 330 g/mol. The molecule has 0 bridgehead atoms. The van der Waals surface area contributed by atoms with Crippen LogP contribution in [0.25, 0.3) is 5.69 Å². The summed E-state index contributed by atoms with van der Waals surface area (Å²) in [6.45, 7) is 3.84. The van der Waals surface area contributed by atoms with Crippen LogP contribution in [-0.4, -0.2) is 28.9 Å². The van der Waals surface area contributed by atoms with Crippen LogP contribution < -0.4 is 4.90 Å². The van der Waals surface area contributed by atoms with Crippen molar-refractivity contribution >= 4 is 18.6 Å². The molecule has 0 fully saturated rings. The molecule has 1 aromatic carbocycles. The summed E-state index contributed by atoms with van der Waals surface area (Å²) in [6.07, 6.45) is -3.92. The van der Waals surface area contributed by atoms with Crippen LogP contribution in [0, 0.1) is 6.92 Å². The molecule has 0 spiro atoms. The molecule has 2 aromatic rings. The molecule has 1 aromatic heterocycles. The van der Waals surface area contributed by atoms with Crippen molar-refractivity contribution in [3.63, 3.8) is 0 Å². The minimum atomic E-state index is -4.59. The first-order valence-electron chi connectivity index (χ1n) is 6.69. The van der Waals surface area contributed by atoms with E-state index in [1.54, 1.807) is 20.2 Å². The standard InChI is InChI=1S/C14H17F3N4S/c1-5-9-6-8(2)11(22)7-10(9)21-13(20(3)4)18-12(19-21)14(15,16)17/h6-7,22H,5H2,1-4H3. The number of aryl methyl sites for hydroxylation is 2. The minimum absolute atomic E-state index is 0.124. The van der Waals surface area contributed by atoms with E-state index in [-0.39, 0.29) is 5.95 Å². The van der Waals surface area contributed by atoms with Crippen LogP contribution in [0.15, 0.2) is 17.0 Å². The smallest absolute Gasteiger partial charge is 0.347 e. The summed E-state index contributed by atoms with van der Waals surface area (Å²) < 4.78 is 40.0. The van der Waals surface area contributed by atoms with E-state index in [1.165, 1.54) is 9.58 Å². The lowest BCUT2D eigenvalue weighted by Crippen LogP contribution is -2.16. The number of hydrogen-bond acceptors (Lipinski definition) is 4. The van der Waals surface area contributed by atoms with Crippen LogP contribution in [0.5, 0.6) is 0 Å². The first-order valence-corrected chi connectivity index (χ1v) is 7.14. The summed E-state index contributed by atoms with van der Waals surface area (Å²) >= 11 is 4.36. The topological polar surface area (TPSA) is 34.0 Å². The van der Waals surface area contributed by atoms with E-state index in [2.05, 4.69) is 22.7 Å². The number of anilines is 1. The van der Waals surface area contributed by atoms with Crippen molar-refractivity contribution in [3.8, 4) is 5.69 Å². The zero-order valence-corrected chi connectivity index (χ0v) is 13.6. The minimum Gasteiger partial charge on any atom is -0.347 e. The Balaban J connectivity index is 2.71. The fourth-order valence-electron chi connectivity index (χ4n) is 2.10. The van der Waals surface area contributed by atoms with Gasteiger partial charge in [0.1, 0.15) is 0 Å². The predicted octanol–water partition coefficient (Wildman–Crippen LogP) is 3.51. The van der Waals surface area contributed by atoms with Gasteiger partial charge in [0.2, 0.25) is 5.95 Å². The normalized spacial score (nSPS) is 11.8. The summed E-state index contributed by atoms with van der Waals surface area (Å²) in [6, 6.07) is 3.63. The van der Waals surface area contributed by atoms with Gasteiger partial charge in [-0.25, -0.2) is 0 Å². The maximum absolute atomic E-state index is 12.9. The third-order valence-electron chi connectivity index (χ3n) is 3.25. The summed E-state index contributed by atoms with van der Waals surface area (Å²) in [7, 11) is 3.25. The molecule has 0 atom stereocenters. The number of benzene rings is 1. The molecule has 120 valence electrons. The van der Waals surface area contributed by atoms with Crippen molar-refractivity contribution < 1.29 is 13.2 Å². The zero-order valence-electron chi connectivity index (χ0n) is 12.7. The molecule has 0 saturated carbocycles. The van der Waals surface area contributed by atoms with Gasteiger partial charge < -0.3 is 4.90 Å². The average Bonchev–Trinajstić information content (AvgIpc) is 2.86. The van der Waals surface area contributed by atoms with Gasteiger partial charge in [0.05, 0.1) is 5.69 Å². The predicted molar refractivity (Wildman–Crippen MR) is 82.1 cm³/mol. The van der Waals surface area contributed by atoms with Gasteiger partial charge in [-0.1, -0.05) is 13.0 Å². The largest absolute Gasteiger partial charge is 0.453 e. The van der Waals surface area contributed by atoms with Crippen LogP contribution in [0.4, 0.5) is 19.1 Å². The van der Waals surface area contributed by atoms with Gasteiger partial charge in [-0.15, -0.1) is 17.7 Å². The number of nitrogens with zero attached hydrogens (tertiary/aromatic N) is 4. The van der Waals surface area contributed by atoms with Gasteiger partial charge in [-0.3, -0.25) is 0 Å². The highest BCUT2D eigenvalue weighted by atomic mass is 32.1. The summed E-state index contributed by atoms with van der Waals surface area (Å²) in [5.74, 6) is -1.03. The second-order valence-corrected chi connectivity index (χ2v) is 5.64. The molecule has 2 rings (SSSR count). The van der Waals surface area contributed by atoms with E-state index in [4.69, 9.17) is 0 Å². The van der Waals surface area contributed by atoms with Crippen molar-refractivity contribution in [2.24, 2.45) is 0 Å². The van der Waals surface area contributed by atoms with Crippen molar-refractivity contribution in [3.05, 3.63) is 29.1 Å². The maximum atomic E-state index is 12.9. The lowest BCUT2D eigenvalue weighted by molar-refractivity contribution is -0.144. The number of alkyl halides is 3. The highest BCUT2D eigenvalue weighted by Gasteiger charge is 2.37. The molecule has 0 unspecified atom stereocenters. The highest BCUT2D eigenvalue weighted by Crippen LogP contribution is 2.31. The molecule has 0 saturated heterocycles. The molecule has 0 aliphatic heterocycles. The Hall–Kier alpha value is -1.70. The summed E-state index contributed by atoms with van der Waals surface area (Å²) in [4.78, 5) is 5.81. The Morgan fingerprint density at radius 1 is 1.27 bits per heavy atom. The van der Waals surface area contributed by atoms with Gasteiger partial charge in [0.15, 0.2) is 0 Å². The molecule has 22 heavy (non-hydrogen) atoms. The molecular weight excluding hydrogens is 313 g/mol. The fraction of sp³-hybridized carbons (Fsp3) is 0.429. The molecule has 0 N–H and O–H groups in total. The van der Waals surface area contributed by atoms with Crippen LogP contribution >= 0.6 is 12.6 Å². The first kappa shape index (κ1) is 16.7. The molecule has 0 radical (unpaired) electrons. The van der Waals surface area contributed by atoms with Crippen molar-refractivity contribution in [1.82, 2.24) is 14.8 Å². The van der Waals surface area contributed by atoms with E-state index in [0.717, 1.165) is 11.1 Å². The van der Waals surface area contributed by atoms with E-state index in [1.807, 2.05) is 19.9 Å². The maximum Gasteiger partial charge on any atom is 0.453 e. The summed E-state index contributed by atoms with van der Waals surface area (Å²) in [5, 5.41) is 3.66. The van der Waals surface area contributed by atoms with Crippen molar-refractivity contribution in [1.29, 1.82) is 0 Å². The van der Waals surface area contributed by atoms with Gasteiger partial charge in [0.25, 0.3) is 5.82 Å². The monoisotopic (exact) mass is 330 g/mol. The third kappa shape index (κ3) is 3.06. The fourth-order valence-corrected chi connectivity index (χ4v) is 2.29. The molecule has 1 heterocycles. The van der Waals surface area contributed by atoms with Crippen LogP contribution in [0.3, 0.4) is 0 Å². The molecule has 8 heteroatoms. The molecule has 0 aliphatic carbocycles. The van der Waals surface area contributed by atoms with E-state index in [0.29, 0.717) is 17.0 Å². The first-order chi connectivity index (χ1) is 10.1. The second-order valence-electron chi connectivity index (χ2n) is 5.16. The van der Waals surface area contributed by atoms with Gasteiger partial charge in [-0.05, 0) is 30.5 Å². The number of hydrogen-bond donors (Lipinski definition) is 1. The van der Waals surface area contributed by atoms with Gasteiger partial charge >= 0.3 is 6.18 Å². The van der Waals surface area contributed by atoms with E-state index < -0.39 is 12.0 Å². The zero-order chi connectivity index (χ0) is 16.7. The Kier molecular flexibility index (Phi) is 4.42. The van der Waals surface area contributed by atoms with Crippen molar-refractivity contribution in [2.75, 3.05) is 19.0 Å². The lowest BCUT2D eigenvalue weighted by atomic mass is 10.1. The summed E-state index contributed by atoms with van der Waals surface area (Å²) in [5.41, 5.74) is 2.41. The Morgan fingerprint density at radius 2 is 1.91 bits per heavy atom.